The topological polar surface area (TPSA) is 65.9 Å². The zero-order chi connectivity index (χ0) is 14.9. The second-order valence-corrected chi connectivity index (χ2v) is 4.91. The van der Waals surface area contributed by atoms with Crippen LogP contribution in [0.1, 0.15) is 11.3 Å². The third kappa shape index (κ3) is 2.32. The number of hydrogen-bond donors (Lipinski definition) is 1. The van der Waals surface area contributed by atoms with Gasteiger partial charge in [-0.25, -0.2) is 4.39 Å². The standard InChI is InChI=1S/C14H10BrFN2O2/c1-7-5-8(9(6-17)14(19)18-7)12-10(16)3-4-11(20-2)13(12)15/h3-5H,1-2H3,(H,18,19). The molecule has 102 valence electrons. The summed E-state index contributed by atoms with van der Waals surface area (Å²) in [5.41, 5.74) is 0.227. The number of aromatic nitrogens is 1. The minimum Gasteiger partial charge on any atom is -0.496 e. The van der Waals surface area contributed by atoms with Crippen LogP contribution in [0.2, 0.25) is 0 Å². The van der Waals surface area contributed by atoms with Crippen molar-refractivity contribution in [2.24, 2.45) is 0 Å². The number of hydrogen-bond acceptors (Lipinski definition) is 3. The van der Waals surface area contributed by atoms with Crippen molar-refractivity contribution in [3.63, 3.8) is 0 Å². The molecule has 0 fully saturated rings. The number of nitrogens with one attached hydrogen (secondary N) is 1. The predicted molar refractivity (Wildman–Crippen MR) is 76.2 cm³/mol. The molecule has 0 bridgehead atoms. The van der Waals surface area contributed by atoms with Gasteiger partial charge in [-0.2, -0.15) is 5.26 Å². The quantitative estimate of drug-likeness (QED) is 0.916. The minimum atomic E-state index is -0.545. The van der Waals surface area contributed by atoms with Crippen LogP contribution in [0.5, 0.6) is 5.75 Å². The van der Waals surface area contributed by atoms with Gasteiger partial charge in [-0.1, -0.05) is 0 Å². The molecule has 2 rings (SSSR count). The van der Waals surface area contributed by atoms with Crippen molar-refractivity contribution in [1.29, 1.82) is 5.26 Å². The number of halogens is 2. The highest BCUT2D eigenvalue weighted by Crippen LogP contribution is 2.38. The molecular formula is C14H10BrFN2O2. The molecule has 0 saturated heterocycles. The molecule has 0 aliphatic carbocycles. The molecule has 0 unspecified atom stereocenters. The summed E-state index contributed by atoms with van der Waals surface area (Å²) >= 11 is 3.25. The normalized spacial score (nSPS) is 10.2. The molecule has 4 nitrogen and oxygen atoms in total. The number of ether oxygens (including phenoxy) is 1. The van der Waals surface area contributed by atoms with Crippen LogP contribution in [0, 0.1) is 24.1 Å². The van der Waals surface area contributed by atoms with Gasteiger partial charge in [0.2, 0.25) is 0 Å². The van der Waals surface area contributed by atoms with Crippen molar-refractivity contribution < 1.29 is 9.13 Å². The van der Waals surface area contributed by atoms with Crippen molar-refractivity contribution in [1.82, 2.24) is 4.98 Å². The van der Waals surface area contributed by atoms with Gasteiger partial charge in [-0.15, -0.1) is 0 Å². The Morgan fingerprint density at radius 3 is 2.75 bits per heavy atom. The van der Waals surface area contributed by atoms with Crippen molar-refractivity contribution >= 4 is 15.9 Å². The molecule has 6 heteroatoms. The number of nitrogens with zero attached hydrogens (tertiary/aromatic N) is 1. The first-order valence-electron chi connectivity index (χ1n) is 5.66. The van der Waals surface area contributed by atoms with Gasteiger partial charge >= 0.3 is 0 Å². The Labute approximate surface area is 123 Å². The van der Waals surface area contributed by atoms with Crippen LogP contribution in [0.4, 0.5) is 4.39 Å². The zero-order valence-electron chi connectivity index (χ0n) is 10.8. The predicted octanol–water partition coefficient (Wildman–Crippen LogP) is 3.13. The summed E-state index contributed by atoms with van der Waals surface area (Å²) in [7, 11) is 1.45. The van der Waals surface area contributed by atoms with Crippen LogP contribution in [0.15, 0.2) is 27.5 Å². The second-order valence-electron chi connectivity index (χ2n) is 4.12. The number of rotatable bonds is 2. The molecular weight excluding hydrogens is 327 g/mol. The van der Waals surface area contributed by atoms with Gasteiger partial charge in [0.15, 0.2) is 0 Å². The van der Waals surface area contributed by atoms with E-state index in [2.05, 4.69) is 20.9 Å². The lowest BCUT2D eigenvalue weighted by Crippen LogP contribution is -2.13. The summed E-state index contributed by atoms with van der Waals surface area (Å²) < 4.78 is 19.6. The maximum absolute atomic E-state index is 14.1. The van der Waals surface area contributed by atoms with Crippen LogP contribution in [-0.4, -0.2) is 12.1 Å². The molecule has 0 spiro atoms. The molecule has 0 amide bonds. The highest BCUT2D eigenvalue weighted by atomic mass is 79.9. The van der Waals surface area contributed by atoms with Crippen LogP contribution in [0.3, 0.4) is 0 Å². The number of aromatic amines is 1. The third-order valence-corrected chi connectivity index (χ3v) is 3.61. The van der Waals surface area contributed by atoms with Crippen molar-refractivity contribution in [3.05, 3.63) is 50.1 Å². The Hall–Kier alpha value is -2.13. The molecule has 2 aromatic rings. The molecule has 0 radical (unpaired) electrons. The summed E-state index contributed by atoms with van der Waals surface area (Å²) in [5, 5.41) is 9.12. The van der Waals surface area contributed by atoms with Crippen molar-refractivity contribution in [2.75, 3.05) is 7.11 Å². The molecule has 1 N–H and O–H groups in total. The summed E-state index contributed by atoms with van der Waals surface area (Å²) in [6, 6.07) is 6.07. The van der Waals surface area contributed by atoms with Gasteiger partial charge in [0.05, 0.1) is 11.6 Å². The molecule has 0 aliphatic rings. The fourth-order valence-electron chi connectivity index (χ4n) is 1.93. The molecule has 1 aromatic carbocycles. The number of pyridine rings is 1. The van der Waals surface area contributed by atoms with Gasteiger partial charge in [0.1, 0.15) is 23.2 Å². The lowest BCUT2D eigenvalue weighted by molar-refractivity contribution is 0.411. The fourth-order valence-corrected chi connectivity index (χ4v) is 2.63. The molecule has 1 aromatic heterocycles. The van der Waals surface area contributed by atoms with E-state index in [-0.39, 0.29) is 16.7 Å². The number of nitriles is 1. The van der Waals surface area contributed by atoms with Gasteiger partial charge < -0.3 is 9.72 Å². The number of benzene rings is 1. The molecule has 1 heterocycles. The van der Waals surface area contributed by atoms with E-state index in [0.29, 0.717) is 15.9 Å². The van der Waals surface area contributed by atoms with Gasteiger partial charge in [0.25, 0.3) is 5.56 Å². The smallest absolute Gasteiger partial charge is 0.266 e. The van der Waals surface area contributed by atoms with E-state index < -0.39 is 11.4 Å². The minimum absolute atomic E-state index is 0.134. The summed E-state index contributed by atoms with van der Waals surface area (Å²) in [4.78, 5) is 14.3. The Bertz CT molecular complexity index is 778. The van der Waals surface area contributed by atoms with Crippen LogP contribution in [0.25, 0.3) is 11.1 Å². The van der Waals surface area contributed by atoms with E-state index in [1.54, 1.807) is 13.0 Å². The molecule has 20 heavy (non-hydrogen) atoms. The lowest BCUT2D eigenvalue weighted by atomic mass is 10.0. The zero-order valence-corrected chi connectivity index (χ0v) is 12.3. The summed E-state index contributed by atoms with van der Waals surface area (Å²) in [5.74, 6) is -0.123. The SMILES string of the molecule is COc1ccc(F)c(-c2cc(C)[nH]c(=O)c2C#N)c1Br. The van der Waals surface area contributed by atoms with E-state index in [1.165, 1.54) is 19.2 Å². The van der Waals surface area contributed by atoms with Crippen molar-refractivity contribution in [3.8, 4) is 22.9 Å². The maximum atomic E-state index is 14.1. The Morgan fingerprint density at radius 1 is 1.45 bits per heavy atom. The van der Waals surface area contributed by atoms with E-state index >= 15 is 0 Å². The van der Waals surface area contributed by atoms with Crippen LogP contribution in [-0.2, 0) is 0 Å². The highest BCUT2D eigenvalue weighted by Gasteiger charge is 2.19. The van der Waals surface area contributed by atoms with Gasteiger partial charge in [-0.3, -0.25) is 4.79 Å². The number of aryl methyl sites for hydroxylation is 1. The van der Waals surface area contributed by atoms with Crippen molar-refractivity contribution in [2.45, 2.75) is 6.92 Å². The van der Waals surface area contributed by atoms with Crippen LogP contribution >= 0.6 is 15.9 Å². The summed E-state index contributed by atoms with van der Waals surface area (Å²) in [6.07, 6.45) is 0. The average molecular weight is 337 g/mol. The third-order valence-electron chi connectivity index (χ3n) is 2.82. The fraction of sp³-hybridized carbons (Fsp3) is 0.143. The first-order chi connectivity index (χ1) is 9.49. The van der Waals surface area contributed by atoms with Gasteiger partial charge in [-0.05, 0) is 41.1 Å². The lowest BCUT2D eigenvalue weighted by Gasteiger charge is -2.12. The van der Waals surface area contributed by atoms with Crippen LogP contribution < -0.4 is 10.3 Å². The first kappa shape index (κ1) is 14.3. The second kappa shape index (κ2) is 5.47. The molecule has 0 aliphatic heterocycles. The highest BCUT2D eigenvalue weighted by molar-refractivity contribution is 9.10. The maximum Gasteiger partial charge on any atom is 0.266 e. The van der Waals surface area contributed by atoms with Gasteiger partial charge in [0, 0.05) is 16.8 Å². The molecule has 0 atom stereocenters. The monoisotopic (exact) mass is 336 g/mol. The Balaban J connectivity index is 2.89. The Morgan fingerprint density at radius 2 is 2.15 bits per heavy atom. The summed E-state index contributed by atoms with van der Waals surface area (Å²) in [6.45, 7) is 1.66. The number of methoxy groups -OCH3 is 1. The van der Waals surface area contributed by atoms with E-state index in [0.717, 1.165) is 0 Å². The first-order valence-corrected chi connectivity index (χ1v) is 6.45. The Kier molecular flexibility index (Phi) is 3.91. The largest absolute Gasteiger partial charge is 0.496 e. The molecule has 0 saturated carbocycles. The average Bonchev–Trinajstić information content (AvgIpc) is 2.38. The van der Waals surface area contributed by atoms with E-state index in [9.17, 15) is 9.18 Å². The number of H-pyrrole nitrogens is 1. The van der Waals surface area contributed by atoms with E-state index in [4.69, 9.17) is 10.00 Å². The van der Waals surface area contributed by atoms with E-state index in [1.807, 2.05) is 6.07 Å².